The number of hydrogen-bond donors (Lipinski definition) is 1. The van der Waals surface area contributed by atoms with Gasteiger partial charge in [0.1, 0.15) is 15.1 Å². The van der Waals surface area contributed by atoms with Gasteiger partial charge in [-0.25, -0.2) is 4.98 Å². The van der Waals surface area contributed by atoms with Gasteiger partial charge in [-0.1, -0.05) is 48.2 Å². The molecule has 0 aliphatic carbocycles. The minimum absolute atomic E-state index is 0.146. The lowest BCUT2D eigenvalue weighted by atomic mass is 10.2. The molecular formula is C22H19N3O3S3. The van der Waals surface area contributed by atoms with E-state index in [0.29, 0.717) is 15.8 Å². The Balaban J connectivity index is 1.31. The summed E-state index contributed by atoms with van der Waals surface area (Å²) in [7, 11) is 1.61. The lowest BCUT2D eigenvalue weighted by molar-refractivity contribution is -0.123. The Morgan fingerprint density at radius 3 is 2.74 bits per heavy atom. The largest absolute Gasteiger partial charge is 0.497 e. The second-order valence-electron chi connectivity index (χ2n) is 6.71. The number of methoxy groups -OCH3 is 1. The third-order valence-electron chi connectivity index (χ3n) is 4.62. The van der Waals surface area contributed by atoms with Gasteiger partial charge in [0.2, 0.25) is 5.91 Å². The van der Waals surface area contributed by atoms with Crippen LogP contribution in [0.5, 0.6) is 5.75 Å². The number of benzene rings is 2. The molecule has 0 bridgehead atoms. The lowest BCUT2D eigenvalue weighted by Crippen LogP contribution is -2.33. The lowest BCUT2D eigenvalue weighted by Gasteiger charge is -2.13. The second kappa shape index (κ2) is 9.59. The molecule has 158 valence electrons. The summed E-state index contributed by atoms with van der Waals surface area (Å²) in [5, 5.41) is 3.72. The van der Waals surface area contributed by atoms with Gasteiger partial charge >= 0.3 is 0 Å². The van der Waals surface area contributed by atoms with E-state index in [-0.39, 0.29) is 24.8 Å². The fourth-order valence-corrected chi connectivity index (χ4v) is 5.23. The van der Waals surface area contributed by atoms with E-state index in [2.05, 4.69) is 10.3 Å². The molecule has 6 nitrogen and oxygen atoms in total. The highest BCUT2D eigenvalue weighted by Crippen LogP contribution is 2.32. The number of thiocarbonyl (C=S) groups is 1. The van der Waals surface area contributed by atoms with Gasteiger partial charge in [-0.3, -0.25) is 14.5 Å². The first-order valence-corrected chi connectivity index (χ1v) is 11.6. The number of thiazole rings is 1. The molecule has 0 unspecified atom stereocenters. The second-order valence-corrected chi connectivity index (χ2v) is 9.50. The van der Waals surface area contributed by atoms with E-state index < -0.39 is 0 Å². The summed E-state index contributed by atoms with van der Waals surface area (Å²) < 4.78 is 6.70. The third kappa shape index (κ3) is 5.12. The monoisotopic (exact) mass is 469 g/mol. The van der Waals surface area contributed by atoms with Gasteiger partial charge < -0.3 is 10.1 Å². The summed E-state index contributed by atoms with van der Waals surface area (Å²) in [6.07, 6.45) is 1.97. The molecule has 1 aliphatic rings. The Labute approximate surface area is 193 Å². The maximum Gasteiger partial charge on any atom is 0.266 e. The van der Waals surface area contributed by atoms with E-state index in [1.54, 1.807) is 24.5 Å². The van der Waals surface area contributed by atoms with Gasteiger partial charge in [-0.05, 0) is 35.9 Å². The molecule has 2 amide bonds. The van der Waals surface area contributed by atoms with Crippen LogP contribution < -0.4 is 10.1 Å². The number of aromatic nitrogens is 1. The molecule has 2 aromatic carbocycles. The van der Waals surface area contributed by atoms with Gasteiger partial charge in [0.15, 0.2) is 0 Å². The number of ether oxygens (including phenoxy) is 1. The SMILES string of the molecule is COc1ccc(/C=C2\SC(=S)N(CCC(=O)NCc3nc4ccccc4s3)C2=O)cc1. The topological polar surface area (TPSA) is 71.5 Å². The van der Waals surface area contributed by atoms with Crippen LogP contribution in [0.2, 0.25) is 0 Å². The van der Waals surface area contributed by atoms with Crippen molar-refractivity contribution in [1.29, 1.82) is 0 Å². The molecule has 31 heavy (non-hydrogen) atoms. The van der Waals surface area contributed by atoms with Crippen molar-refractivity contribution in [2.75, 3.05) is 13.7 Å². The highest BCUT2D eigenvalue weighted by atomic mass is 32.2. The number of hydrogen-bond acceptors (Lipinski definition) is 7. The van der Waals surface area contributed by atoms with Crippen molar-refractivity contribution < 1.29 is 14.3 Å². The van der Waals surface area contributed by atoms with Crippen molar-refractivity contribution in [1.82, 2.24) is 15.2 Å². The molecule has 1 aliphatic heterocycles. The smallest absolute Gasteiger partial charge is 0.266 e. The van der Waals surface area contributed by atoms with Crippen LogP contribution in [0.3, 0.4) is 0 Å². The third-order valence-corrected chi connectivity index (χ3v) is 7.04. The number of nitrogens with one attached hydrogen (secondary N) is 1. The minimum atomic E-state index is -0.176. The maximum absolute atomic E-state index is 12.7. The molecule has 1 aromatic heterocycles. The molecule has 0 saturated carbocycles. The fraction of sp³-hybridized carbons (Fsp3) is 0.182. The van der Waals surface area contributed by atoms with Crippen LogP contribution in [0, 0.1) is 0 Å². The Morgan fingerprint density at radius 1 is 1.23 bits per heavy atom. The van der Waals surface area contributed by atoms with Crippen molar-refractivity contribution in [3.8, 4) is 5.75 Å². The predicted molar refractivity (Wildman–Crippen MR) is 129 cm³/mol. The Bertz CT molecular complexity index is 1140. The molecule has 2 heterocycles. The van der Waals surface area contributed by atoms with Crippen LogP contribution in [-0.2, 0) is 16.1 Å². The predicted octanol–water partition coefficient (Wildman–Crippen LogP) is 4.21. The first kappa shape index (κ1) is 21.5. The van der Waals surface area contributed by atoms with Crippen LogP contribution in [0.1, 0.15) is 17.0 Å². The summed E-state index contributed by atoms with van der Waals surface area (Å²) in [6, 6.07) is 15.3. The average molecular weight is 470 g/mol. The number of thioether (sulfide) groups is 1. The Hall–Kier alpha value is -2.75. The average Bonchev–Trinajstić information content (AvgIpc) is 3.31. The molecule has 0 radical (unpaired) electrons. The summed E-state index contributed by atoms with van der Waals surface area (Å²) in [5.74, 6) is 0.429. The van der Waals surface area contributed by atoms with Crippen molar-refractivity contribution >= 4 is 67.7 Å². The van der Waals surface area contributed by atoms with Crippen LogP contribution >= 0.6 is 35.3 Å². The Kier molecular flexibility index (Phi) is 6.64. The highest BCUT2D eigenvalue weighted by molar-refractivity contribution is 8.26. The minimum Gasteiger partial charge on any atom is -0.497 e. The summed E-state index contributed by atoms with van der Waals surface area (Å²) in [4.78, 5) is 31.5. The van der Waals surface area contributed by atoms with Crippen LogP contribution in [-0.4, -0.2) is 39.7 Å². The first-order chi connectivity index (χ1) is 15.0. The van der Waals surface area contributed by atoms with Gasteiger partial charge in [-0.2, -0.15) is 0 Å². The van der Waals surface area contributed by atoms with Gasteiger partial charge in [-0.15, -0.1) is 11.3 Å². The van der Waals surface area contributed by atoms with E-state index in [0.717, 1.165) is 26.5 Å². The van der Waals surface area contributed by atoms with Crippen molar-refractivity contribution in [3.63, 3.8) is 0 Å². The molecule has 0 spiro atoms. The zero-order valence-electron chi connectivity index (χ0n) is 16.7. The Morgan fingerprint density at radius 2 is 2.00 bits per heavy atom. The number of carbonyl (C=O) groups is 2. The van der Waals surface area contributed by atoms with Crippen LogP contribution in [0.25, 0.3) is 16.3 Å². The van der Waals surface area contributed by atoms with E-state index in [1.807, 2.05) is 48.5 Å². The number of carbonyl (C=O) groups excluding carboxylic acids is 2. The molecule has 9 heteroatoms. The van der Waals surface area contributed by atoms with Crippen LogP contribution in [0.15, 0.2) is 53.4 Å². The number of rotatable bonds is 7. The van der Waals surface area contributed by atoms with Crippen molar-refractivity contribution in [2.24, 2.45) is 0 Å². The van der Waals surface area contributed by atoms with E-state index in [4.69, 9.17) is 17.0 Å². The number of fused-ring (bicyclic) bond motifs is 1. The zero-order chi connectivity index (χ0) is 21.8. The molecule has 1 N–H and O–H groups in total. The van der Waals surface area contributed by atoms with Gasteiger partial charge in [0.25, 0.3) is 5.91 Å². The number of amides is 2. The highest BCUT2D eigenvalue weighted by Gasteiger charge is 2.32. The molecule has 3 aromatic rings. The quantitative estimate of drug-likeness (QED) is 0.413. The number of nitrogens with zero attached hydrogens (tertiary/aromatic N) is 2. The normalized spacial score (nSPS) is 15.1. The van der Waals surface area contributed by atoms with Crippen LogP contribution in [0.4, 0.5) is 0 Å². The maximum atomic E-state index is 12.7. The molecule has 0 atom stereocenters. The molecular weight excluding hydrogens is 450 g/mol. The van der Waals surface area contributed by atoms with E-state index in [1.165, 1.54) is 16.7 Å². The number of para-hydroxylation sites is 1. The van der Waals surface area contributed by atoms with E-state index >= 15 is 0 Å². The van der Waals surface area contributed by atoms with Crippen molar-refractivity contribution in [3.05, 3.63) is 64.0 Å². The van der Waals surface area contributed by atoms with Gasteiger partial charge in [0, 0.05) is 13.0 Å². The molecule has 1 fully saturated rings. The van der Waals surface area contributed by atoms with Crippen molar-refractivity contribution in [2.45, 2.75) is 13.0 Å². The molecule has 4 rings (SSSR count). The summed E-state index contributed by atoms with van der Waals surface area (Å²) >= 11 is 8.15. The van der Waals surface area contributed by atoms with Gasteiger partial charge in [0.05, 0.1) is 28.8 Å². The molecule has 1 saturated heterocycles. The summed E-state index contributed by atoms with van der Waals surface area (Å²) in [6.45, 7) is 0.615. The fourth-order valence-electron chi connectivity index (χ4n) is 3.02. The summed E-state index contributed by atoms with van der Waals surface area (Å²) in [5.41, 5.74) is 1.81. The standard InChI is InChI=1S/C22H19N3O3S3/c1-28-15-8-6-14(7-9-15)12-18-21(27)25(22(29)31-18)11-10-19(26)23-13-20-24-16-4-2-3-5-17(16)30-20/h2-9,12H,10-11,13H2,1H3,(H,23,26)/b18-12-. The van der Waals surface area contributed by atoms with E-state index in [9.17, 15) is 9.59 Å². The zero-order valence-corrected chi connectivity index (χ0v) is 19.1. The first-order valence-electron chi connectivity index (χ1n) is 9.54.